The van der Waals surface area contributed by atoms with Gasteiger partial charge in [-0.15, -0.1) is 0 Å². The van der Waals surface area contributed by atoms with Crippen LogP contribution < -0.4 is 10.3 Å². The number of nitrogens with one attached hydrogen (secondary N) is 1. The number of pyridine rings is 2. The van der Waals surface area contributed by atoms with E-state index in [1.165, 1.54) is 0 Å². The Hall–Kier alpha value is -3.19. The Morgan fingerprint density at radius 3 is 2.96 bits per heavy atom. The molecule has 1 fully saturated rings. The molecule has 0 aliphatic carbocycles. The van der Waals surface area contributed by atoms with Gasteiger partial charge in [0.15, 0.2) is 0 Å². The molecule has 1 N–H and O–H groups in total. The lowest BCUT2D eigenvalue weighted by atomic mass is 10.00. The van der Waals surface area contributed by atoms with E-state index < -0.39 is 0 Å². The van der Waals surface area contributed by atoms with Crippen molar-refractivity contribution in [2.75, 3.05) is 20.3 Å². The normalized spacial score (nSPS) is 16.9. The number of aromatic amines is 1. The van der Waals surface area contributed by atoms with Crippen LogP contribution in [-0.2, 0) is 4.74 Å². The van der Waals surface area contributed by atoms with Crippen LogP contribution in [0.25, 0.3) is 32.9 Å². The molecule has 4 aromatic rings. The predicted molar refractivity (Wildman–Crippen MR) is 107 cm³/mol. The molecule has 1 aromatic carbocycles. The summed E-state index contributed by atoms with van der Waals surface area (Å²) in [5.41, 5.74) is 4.41. The van der Waals surface area contributed by atoms with E-state index in [0.717, 1.165) is 46.1 Å². The summed E-state index contributed by atoms with van der Waals surface area (Å²) in [5.74, 6) is 0.566. The Kier molecular flexibility index (Phi) is 3.91. The summed E-state index contributed by atoms with van der Waals surface area (Å²) < 4.78 is 12.9. The van der Waals surface area contributed by atoms with Crippen molar-refractivity contribution in [2.45, 2.75) is 19.4 Å². The smallest absolute Gasteiger partial charge is 0.259 e. The molecule has 0 bridgehead atoms. The minimum atomic E-state index is -0.139. The van der Waals surface area contributed by atoms with Gasteiger partial charge in [-0.05, 0) is 36.6 Å². The summed E-state index contributed by atoms with van der Waals surface area (Å²) in [4.78, 5) is 20.0. The van der Waals surface area contributed by atoms with E-state index in [0.29, 0.717) is 17.9 Å². The second kappa shape index (κ2) is 6.45. The molecule has 4 heterocycles. The number of hydrogen-bond donors (Lipinski definition) is 1. The molecular weight excluding hydrogens is 356 g/mol. The van der Waals surface area contributed by atoms with E-state index in [1.807, 2.05) is 35.9 Å². The zero-order valence-electron chi connectivity index (χ0n) is 15.7. The van der Waals surface area contributed by atoms with Crippen molar-refractivity contribution < 1.29 is 9.47 Å². The highest BCUT2D eigenvalue weighted by molar-refractivity contribution is 6.04. The van der Waals surface area contributed by atoms with E-state index in [2.05, 4.69) is 15.1 Å². The maximum atomic E-state index is 12.7. The fraction of sp³-hybridized carbons (Fsp3) is 0.286. The lowest BCUT2D eigenvalue weighted by Gasteiger charge is -2.13. The van der Waals surface area contributed by atoms with Crippen molar-refractivity contribution in [3.63, 3.8) is 0 Å². The topological polar surface area (TPSA) is 82.0 Å². The minimum absolute atomic E-state index is 0.139. The van der Waals surface area contributed by atoms with Gasteiger partial charge in [-0.1, -0.05) is 12.1 Å². The Morgan fingerprint density at radius 2 is 2.18 bits per heavy atom. The number of rotatable bonds is 3. The first kappa shape index (κ1) is 16.9. The lowest BCUT2D eigenvalue weighted by Crippen LogP contribution is -2.12. The molecule has 142 valence electrons. The van der Waals surface area contributed by atoms with Gasteiger partial charge in [-0.3, -0.25) is 9.48 Å². The van der Waals surface area contributed by atoms with Crippen LogP contribution in [0.3, 0.4) is 0 Å². The third-order valence-electron chi connectivity index (χ3n) is 5.42. The number of fused-ring (bicyclic) bond motifs is 3. The largest absolute Gasteiger partial charge is 0.481 e. The monoisotopic (exact) mass is 376 g/mol. The fourth-order valence-corrected chi connectivity index (χ4v) is 4.03. The van der Waals surface area contributed by atoms with Crippen molar-refractivity contribution in [3.8, 4) is 17.0 Å². The van der Waals surface area contributed by atoms with Crippen LogP contribution in [0, 0.1) is 6.92 Å². The van der Waals surface area contributed by atoms with E-state index >= 15 is 0 Å². The van der Waals surface area contributed by atoms with Gasteiger partial charge in [-0.25, -0.2) is 4.98 Å². The third kappa shape index (κ3) is 2.51. The third-order valence-corrected chi connectivity index (χ3v) is 5.42. The summed E-state index contributed by atoms with van der Waals surface area (Å²) in [5, 5.41) is 6.06. The van der Waals surface area contributed by atoms with Crippen LogP contribution in [0.4, 0.5) is 0 Å². The van der Waals surface area contributed by atoms with Crippen LogP contribution in [0.5, 0.6) is 5.88 Å². The summed E-state index contributed by atoms with van der Waals surface area (Å²) in [6.07, 6.45) is 4.27. The van der Waals surface area contributed by atoms with E-state index in [9.17, 15) is 4.79 Å². The maximum Gasteiger partial charge on any atom is 0.259 e. The molecule has 3 aromatic heterocycles. The summed E-state index contributed by atoms with van der Waals surface area (Å²) >= 11 is 0. The average molecular weight is 376 g/mol. The van der Waals surface area contributed by atoms with Gasteiger partial charge >= 0.3 is 0 Å². The number of nitrogens with zero attached hydrogens (tertiary/aromatic N) is 3. The molecule has 1 atom stereocenters. The van der Waals surface area contributed by atoms with Gasteiger partial charge in [0.05, 0.1) is 42.4 Å². The highest BCUT2D eigenvalue weighted by atomic mass is 16.5. The Balaban J connectivity index is 1.77. The molecule has 0 amide bonds. The first-order chi connectivity index (χ1) is 13.7. The summed E-state index contributed by atoms with van der Waals surface area (Å²) in [6, 6.07) is 8.15. The molecule has 1 aliphatic heterocycles. The Morgan fingerprint density at radius 1 is 1.29 bits per heavy atom. The fourth-order valence-electron chi connectivity index (χ4n) is 4.03. The van der Waals surface area contributed by atoms with E-state index in [-0.39, 0.29) is 11.6 Å². The molecule has 7 nitrogen and oxygen atoms in total. The van der Waals surface area contributed by atoms with Gasteiger partial charge in [0, 0.05) is 23.8 Å². The number of benzene rings is 1. The average Bonchev–Trinajstić information content (AvgIpc) is 3.37. The quantitative estimate of drug-likeness (QED) is 0.594. The van der Waals surface area contributed by atoms with Crippen molar-refractivity contribution in [2.24, 2.45) is 0 Å². The zero-order valence-corrected chi connectivity index (χ0v) is 15.7. The minimum Gasteiger partial charge on any atom is -0.481 e. The summed E-state index contributed by atoms with van der Waals surface area (Å²) in [6.45, 7) is 3.36. The standard InChI is InChI=1S/C21H20N4O3/c1-12-5-7-22-21(27-2)18(12)13-3-4-15-17(9-13)24-20(26)16-10-23-25(19(15)16)14-6-8-28-11-14/h3-5,7,9-10,14H,6,8,11H2,1-2H3,(H,24,26). The van der Waals surface area contributed by atoms with E-state index in [1.54, 1.807) is 19.5 Å². The molecular formula is C21H20N4O3. The van der Waals surface area contributed by atoms with Crippen LogP contribution in [0.1, 0.15) is 18.0 Å². The Labute approximate surface area is 160 Å². The SMILES string of the molecule is COc1nccc(C)c1-c1ccc2c(c1)[nH]c(=O)c1cnn(C3CCOC3)c12. The molecule has 1 unspecified atom stereocenters. The van der Waals surface area contributed by atoms with Crippen LogP contribution in [-0.4, -0.2) is 40.1 Å². The number of aryl methyl sites for hydroxylation is 1. The van der Waals surface area contributed by atoms with Crippen molar-refractivity contribution in [3.05, 3.63) is 52.6 Å². The molecule has 1 saturated heterocycles. The van der Waals surface area contributed by atoms with Crippen molar-refractivity contribution in [1.29, 1.82) is 0 Å². The first-order valence-electron chi connectivity index (χ1n) is 9.28. The van der Waals surface area contributed by atoms with Gasteiger partial charge in [0.2, 0.25) is 5.88 Å². The highest BCUT2D eigenvalue weighted by Gasteiger charge is 2.22. The predicted octanol–water partition coefficient (Wildman–Crippen LogP) is 3.22. The Bertz CT molecular complexity index is 1250. The highest BCUT2D eigenvalue weighted by Crippen LogP contribution is 2.34. The van der Waals surface area contributed by atoms with Gasteiger partial charge in [0.1, 0.15) is 0 Å². The molecule has 5 rings (SSSR count). The first-order valence-corrected chi connectivity index (χ1v) is 9.28. The molecule has 7 heteroatoms. The number of methoxy groups -OCH3 is 1. The second-order valence-corrected chi connectivity index (χ2v) is 7.10. The van der Waals surface area contributed by atoms with Crippen LogP contribution in [0.2, 0.25) is 0 Å². The number of aromatic nitrogens is 4. The molecule has 0 spiro atoms. The molecule has 0 saturated carbocycles. The van der Waals surface area contributed by atoms with E-state index in [4.69, 9.17) is 9.47 Å². The van der Waals surface area contributed by atoms with Gasteiger partial charge in [-0.2, -0.15) is 5.10 Å². The molecule has 28 heavy (non-hydrogen) atoms. The zero-order chi connectivity index (χ0) is 19.3. The van der Waals surface area contributed by atoms with Crippen molar-refractivity contribution in [1.82, 2.24) is 19.7 Å². The van der Waals surface area contributed by atoms with Crippen LogP contribution >= 0.6 is 0 Å². The number of H-pyrrole nitrogens is 1. The van der Waals surface area contributed by atoms with Crippen molar-refractivity contribution >= 4 is 21.8 Å². The lowest BCUT2D eigenvalue weighted by molar-refractivity contribution is 0.185. The molecule has 0 radical (unpaired) electrons. The van der Waals surface area contributed by atoms with Crippen LogP contribution in [0.15, 0.2) is 41.5 Å². The number of hydrogen-bond acceptors (Lipinski definition) is 5. The van der Waals surface area contributed by atoms with Gasteiger partial charge < -0.3 is 14.5 Å². The van der Waals surface area contributed by atoms with Gasteiger partial charge in [0.25, 0.3) is 5.56 Å². The summed E-state index contributed by atoms with van der Waals surface area (Å²) in [7, 11) is 1.61. The molecule has 1 aliphatic rings. The number of ether oxygens (including phenoxy) is 2. The second-order valence-electron chi connectivity index (χ2n) is 7.10. The maximum absolute atomic E-state index is 12.7.